The zero-order valence-electron chi connectivity index (χ0n) is 7.89. The average molecular weight is 182 g/mol. The number of carbonyl (C=O) groups is 1. The maximum Gasteiger partial charge on any atom is 0.286 e. The molecule has 0 saturated carbocycles. The van der Waals surface area contributed by atoms with Crippen molar-refractivity contribution >= 4 is 5.91 Å². The second kappa shape index (κ2) is 4.67. The molecule has 0 aliphatic rings. The van der Waals surface area contributed by atoms with Gasteiger partial charge in [-0.2, -0.15) is 0 Å². The van der Waals surface area contributed by atoms with E-state index in [4.69, 9.17) is 4.42 Å². The summed E-state index contributed by atoms with van der Waals surface area (Å²) in [5.41, 5.74) is 0. The largest absolute Gasteiger partial charge is 0.455 e. The van der Waals surface area contributed by atoms with Crippen molar-refractivity contribution in [3.8, 4) is 0 Å². The number of amides is 1. The van der Waals surface area contributed by atoms with E-state index in [0.29, 0.717) is 12.3 Å². The highest BCUT2D eigenvalue weighted by Gasteiger charge is 2.07. The molecule has 1 amide bonds. The summed E-state index contributed by atoms with van der Waals surface area (Å²) in [4.78, 5) is 11.1. The summed E-state index contributed by atoms with van der Waals surface area (Å²) in [6.07, 6.45) is 0. The Hall–Kier alpha value is -1.29. The molecular weight excluding hydrogens is 168 g/mol. The quantitative estimate of drug-likeness (QED) is 0.722. The highest BCUT2D eigenvalue weighted by atomic mass is 16.4. The van der Waals surface area contributed by atoms with Gasteiger partial charge in [0.05, 0.1) is 6.54 Å². The van der Waals surface area contributed by atoms with Gasteiger partial charge in [0.25, 0.3) is 5.91 Å². The second-order valence-corrected chi connectivity index (χ2v) is 2.63. The number of carbonyl (C=O) groups excluding carboxylic acids is 1. The predicted octanol–water partition coefficient (Wildman–Crippen LogP) is 0.749. The molecule has 0 unspecified atom stereocenters. The van der Waals surface area contributed by atoms with Crippen molar-refractivity contribution in [3.63, 3.8) is 0 Å². The molecule has 72 valence electrons. The van der Waals surface area contributed by atoms with E-state index in [1.807, 2.05) is 6.92 Å². The van der Waals surface area contributed by atoms with Gasteiger partial charge in [0, 0.05) is 7.05 Å². The molecule has 0 aliphatic carbocycles. The van der Waals surface area contributed by atoms with Crippen molar-refractivity contribution < 1.29 is 9.21 Å². The van der Waals surface area contributed by atoms with Crippen LogP contribution in [-0.4, -0.2) is 19.5 Å². The van der Waals surface area contributed by atoms with Gasteiger partial charge in [0.15, 0.2) is 5.76 Å². The topological polar surface area (TPSA) is 54.3 Å². The number of furan rings is 1. The van der Waals surface area contributed by atoms with Crippen LogP contribution < -0.4 is 10.6 Å². The van der Waals surface area contributed by atoms with E-state index in [1.54, 1.807) is 19.2 Å². The van der Waals surface area contributed by atoms with Crippen LogP contribution >= 0.6 is 0 Å². The van der Waals surface area contributed by atoms with Crippen molar-refractivity contribution in [2.24, 2.45) is 0 Å². The summed E-state index contributed by atoms with van der Waals surface area (Å²) in [5.74, 6) is 0.943. The molecule has 0 bridgehead atoms. The number of hydrogen-bond acceptors (Lipinski definition) is 3. The van der Waals surface area contributed by atoms with E-state index in [0.717, 1.165) is 12.3 Å². The lowest BCUT2D eigenvalue weighted by Crippen LogP contribution is -2.17. The Morgan fingerprint density at radius 1 is 1.54 bits per heavy atom. The third kappa shape index (κ3) is 2.59. The lowest BCUT2D eigenvalue weighted by Gasteiger charge is -1.96. The molecule has 1 aromatic rings. The molecule has 0 radical (unpaired) electrons. The molecule has 13 heavy (non-hydrogen) atoms. The van der Waals surface area contributed by atoms with Crippen LogP contribution in [0, 0.1) is 0 Å². The minimum atomic E-state index is -0.192. The van der Waals surface area contributed by atoms with Crippen LogP contribution in [0.15, 0.2) is 16.5 Å². The van der Waals surface area contributed by atoms with Crippen LogP contribution in [-0.2, 0) is 6.54 Å². The molecule has 1 heterocycles. The third-order valence-electron chi connectivity index (χ3n) is 1.66. The first-order chi connectivity index (χ1) is 6.27. The van der Waals surface area contributed by atoms with Crippen molar-refractivity contribution in [1.82, 2.24) is 10.6 Å². The van der Waals surface area contributed by atoms with Gasteiger partial charge in [-0.25, -0.2) is 0 Å². The van der Waals surface area contributed by atoms with Gasteiger partial charge in [-0.15, -0.1) is 0 Å². The summed E-state index contributed by atoms with van der Waals surface area (Å²) in [7, 11) is 1.58. The van der Waals surface area contributed by atoms with Crippen LogP contribution in [0.3, 0.4) is 0 Å². The van der Waals surface area contributed by atoms with Gasteiger partial charge < -0.3 is 15.1 Å². The summed E-state index contributed by atoms with van der Waals surface area (Å²) in [6.45, 7) is 3.56. The van der Waals surface area contributed by atoms with Crippen LogP contribution in [0.5, 0.6) is 0 Å². The van der Waals surface area contributed by atoms with Gasteiger partial charge in [-0.05, 0) is 18.7 Å². The molecule has 0 spiro atoms. The van der Waals surface area contributed by atoms with Crippen LogP contribution in [0.2, 0.25) is 0 Å². The minimum absolute atomic E-state index is 0.192. The molecule has 1 aromatic heterocycles. The van der Waals surface area contributed by atoms with Crippen molar-refractivity contribution in [3.05, 3.63) is 23.7 Å². The van der Waals surface area contributed by atoms with E-state index < -0.39 is 0 Å². The first-order valence-corrected chi connectivity index (χ1v) is 4.29. The lowest BCUT2D eigenvalue weighted by molar-refractivity contribution is 0.0933. The Morgan fingerprint density at radius 2 is 2.31 bits per heavy atom. The smallest absolute Gasteiger partial charge is 0.286 e. The maximum absolute atomic E-state index is 11.1. The van der Waals surface area contributed by atoms with Gasteiger partial charge in [-0.1, -0.05) is 6.92 Å². The van der Waals surface area contributed by atoms with E-state index >= 15 is 0 Å². The van der Waals surface area contributed by atoms with Gasteiger partial charge >= 0.3 is 0 Å². The average Bonchev–Trinajstić information content (AvgIpc) is 2.62. The molecule has 0 saturated heterocycles. The van der Waals surface area contributed by atoms with Crippen LogP contribution in [0.25, 0.3) is 0 Å². The SMILES string of the molecule is CCNCc1ccc(C(=O)NC)o1. The normalized spacial score (nSPS) is 10.0. The monoisotopic (exact) mass is 182 g/mol. The number of hydrogen-bond donors (Lipinski definition) is 2. The van der Waals surface area contributed by atoms with Crippen molar-refractivity contribution in [1.29, 1.82) is 0 Å². The summed E-state index contributed by atoms with van der Waals surface area (Å²) >= 11 is 0. The summed E-state index contributed by atoms with van der Waals surface area (Å²) in [6, 6.07) is 3.47. The Balaban J connectivity index is 2.58. The Labute approximate surface area is 77.3 Å². The fourth-order valence-electron chi connectivity index (χ4n) is 0.966. The zero-order chi connectivity index (χ0) is 9.68. The predicted molar refractivity (Wildman–Crippen MR) is 49.5 cm³/mol. The van der Waals surface area contributed by atoms with Gasteiger partial charge in [0.2, 0.25) is 0 Å². The first-order valence-electron chi connectivity index (χ1n) is 4.29. The molecule has 4 heteroatoms. The Morgan fingerprint density at radius 3 is 2.92 bits per heavy atom. The molecule has 0 aliphatic heterocycles. The van der Waals surface area contributed by atoms with Crippen molar-refractivity contribution in [2.75, 3.05) is 13.6 Å². The molecule has 4 nitrogen and oxygen atoms in total. The van der Waals surface area contributed by atoms with E-state index in [9.17, 15) is 4.79 Å². The highest BCUT2D eigenvalue weighted by molar-refractivity contribution is 5.91. The minimum Gasteiger partial charge on any atom is -0.455 e. The Kier molecular flexibility index (Phi) is 3.52. The fraction of sp³-hybridized carbons (Fsp3) is 0.444. The van der Waals surface area contributed by atoms with Crippen LogP contribution in [0.4, 0.5) is 0 Å². The molecule has 1 rings (SSSR count). The van der Waals surface area contributed by atoms with Crippen LogP contribution in [0.1, 0.15) is 23.2 Å². The fourth-order valence-corrected chi connectivity index (χ4v) is 0.966. The molecule has 0 fully saturated rings. The molecule has 2 N–H and O–H groups in total. The Bertz CT molecular complexity index is 281. The molecule has 0 aromatic carbocycles. The van der Waals surface area contributed by atoms with E-state index in [-0.39, 0.29) is 5.91 Å². The number of rotatable bonds is 4. The molecular formula is C9H14N2O2. The number of nitrogens with one attached hydrogen (secondary N) is 2. The maximum atomic E-state index is 11.1. The van der Waals surface area contributed by atoms with E-state index in [2.05, 4.69) is 10.6 Å². The third-order valence-corrected chi connectivity index (χ3v) is 1.66. The van der Waals surface area contributed by atoms with Gasteiger partial charge in [0.1, 0.15) is 5.76 Å². The van der Waals surface area contributed by atoms with Crippen molar-refractivity contribution in [2.45, 2.75) is 13.5 Å². The van der Waals surface area contributed by atoms with Gasteiger partial charge in [-0.3, -0.25) is 4.79 Å². The second-order valence-electron chi connectivity index (χ2n) is 2.63. The highest BCUT2D eigenvalue weighted by Crippen LogP contribution is 2.06. The zero-order valence-corrected chi connectivity index (χ0v) is 7.89. The molecule has 0 atom stereocenters. The van der Waals surface area contributed by atoms with E-state index in [1.165, 1.54) is 0 Å². The summed E-state index contributed by atoms with van der Waals surface area (Å²) in [5, 5.41) is 5.61. The lowest BCUT2D eigenvalue weighted by atomic mass is 10.4. The standard InChI is InChI=1S/C9H14N2O2/c1-3-11-6-7-4-5-8(13-7)9(12)10-2/h4-5,11H,3,6H2,1-2H3,(H,10,12). The summed E-state index contributed by atoms with van der Waals surface area (Å²) < 4.78 is 5.26. The first kappa shape index (κ1) is 9.80.